The van der Waals surface area contributed by atoms with E-state index in [0.717, 1.165) is 44.9 Å². The molecule has 0 fully saturated rings. The van der Waals surface area contributed by atoms with E-state index in [2.05, 4.69) is 4.98 Å². The molecule has 0 bridgehead atoms. The van der Waals surface area contributed by atoms with Crippen molar-refractivity contribution in [2.75, 3.05) is 14.2 Å². The van der Waals surface area contributed by atoms with E-state index in [1.54, 1.807) is 20.4 Å². The summed E-state index contributed by atoms with van der Waals surface area (Å²) in [6.07, 6.45) is 1.78. The maximum atomic E-state index is 5.96. The van der Waals surface area contributed by atoms with Gasteiger partial charge in [-0.25, -0.2) is 4.98 Å². The highest BCUT2D eigenvalue weighted by molar-refractivity contribution is 5.85. The molecule has 0 saturated carbocycles. The van der Waals surface area contributed by atoms with Crippen molar-refractivity contribution < 1.29 is 18.9 Å². The van der Waals surface area contributed by atoms with Crippen molar-refractivity contribution >= 4 is 0 Å². The molecule has 38 heavy (non-hydrogen) atoms. The van der Waals surface area contributed by atoms with Gasteiger partial charge in [0.25, 0.3) is 0 Å². The zero-order valence-corrected chi connectivity index (χ0v) is 21.5. The number of hydrogen-bond donors (Lipinski definition) is 0. The summed E-state index contributed by atoms with van der Waals surface area (Å²) in [4.78, 5) is 4.59. The lowest BCUT2D eigenvalue weighted by atomic mass is 9.99. The zero-order chi connectivity index (χ0) is 26.2. The van der Waals surface area contributed by atoms with Crippen molar-refractivity contribution in [1.29, 1.82) is 0 Å². The Balaban J connectivity index is 1.38. The van der Waals surface area contributed by atoms with Crippen molar-refractivity contribution in [3.05, 3.63) is 127 Å². The average Bonchev–Trinajstić information content (AvgIpc) is 3.00. The van der Waals surface area contributed by atoms with Gasteiger partial charge in [-0.2, -0.15) is 0 Å². The maximum absolute atomic E-state index is 5.96. The van der Waals surface area contributed by atoms with E-state index >= 15 is 0 Å². The molecular formula is C33H29NO4. The number of rotatable bonds is 10. The van der Waals surface area contributed by atoms with Gasteiger partial charge >= 0.3 is 0 Å². The van der Waals surface area contributed by atoms with Gasteiger partial charge in [-0.1, -0.05) is 84.9 Å². The van der Waals surface area contributed by atoms with Gasteiger partial charge in [-0.3, -0.25) is 0 Å². The molecule has 0 N–H and O–H groups in total. The second-order valence-electron chi connectivity index (χ2n) is 8.69. The average molecular weight is 504 g/mol. The summed E-state index contributed by atoms with van der Waals surface area (Å²) in [6, 6.07) is 36.0. The van der Waals surface area contributed by atoms with E-state index in [0.29, 0.717) is 24.8 Å². The van der Waals surface area contributed by atoms with Crippen LogP contribution in [0.15, 0.2) is 115 Å². The van der Waals surface area contributed by atoms with Gasteiger partial charge in [0.2, 0.25) is 5.88 Å². The Morgan fingerprint density at radius 1 is 0.553 bits per heavy atom. The standard InChI is InChI=1S/C33H29NO4/c1-35-32-30(26-13-17-28(18-14-26)37-22-24-9-5-3-6-10-24)21-34-33(36-2)31(32)27-15-19-29(20-16-27)38-23-25-11-7-4-8-12-25/h3-21H,22-23H2,1-2H3. The molecule has 0 unspecified atom stereocenters. The van der Waals surface area contributed by atoms with Crippen molar-refractivity contribution in [2.24, 2.45) is 0 Å². The van der Waals surface area contributed by atoms with Gasteiger partial charge in [0, 0.05) is 11.8 Å². The second-order valence-corrected chi connectivity index (χ2v) is 8.69. The lowest BCUT2D eigenvalue weighted by Crippen LogP contribution is -1.99. The lowest BCUT2D eigenvalue weighted by Gasteiger charge is -2.17. The fourth-order valence-electron chi connectivity index (χ4n) is 4.24. The summed E-state index contributed by atoms with van der Waals surface area (Å²) in [5, 5.41) is 0. The summed E-state index contributed by atoms with van der Waals surface area (Å²) in [7, 11) is 3.28. The Labute approximate surface area is 223 Å². The van der Waals surface area contributed by atoms with Crippen LogP contribution in [0.1, 0.15) is 11.1 Å². The van der Waals surface area contributed by atoms with Gasteiger partial charge in [-0.05, 0) is 46.5 Å². The molecule has 0 amide bonds. The van der Waals surface area contributed by atoms with Crippen LogP contribution in [-0.4, -0.2) is 19.2 Å². The van der Waals surface area contributed by atoms with Crippen molar-refractivity contribution in [1.82, 2.24) is 4.98 Å². The molecule has 5 rings (SSSR count). The Hall–Kier alpha value is -4.77. The van der Waals surface area contributed by atoms with Crippen molar-refractivity contribution in [3.63, 3.8) is 0 Å². The number of nitrogens with zero attached hydrogens (tertiary/aromatic N) is 1. The molecule has 4 aromatic carbocycles. The Morgan fingerprint density at radius 3 is 1.53 bits per heavy atom. The molecule has 0 aliphatic heterocycles. The first kappa shape index (κ1) is 24.9. The first-order valence-electron chi connectivity index (χ1n) is 12.4. The van der Waals surface area contributed by atoms with Crippen LogP contribution >= 0.6 is 0 Å². The first-order chi connectivity index (χ1) is 18.7. The molecule has 1 heterocycles. The summed E-state index contributed by atoms with van der Waals surface area (Å²) in [6.45, 7) is 1.03. The molecule has 0 aliphatic rings. The lowest BCUT2D eigenvalue weighted by molar-refractivity contribution is 0.306. The molecule has 5 aromatic rings. The summed E-state index contributed by atoms with van der Waals surface area (Å²) in [5.74, 6) is 2.76. The Bertz CT molecular complexity index is 1450. The summed E-state index contributed by atoms with van der Waals surface area (Å²) < 4.78 is 23.4. The van der Waals surface area contributed by atoms with E-state index in [1.807, 2.05) is 109 Å². The van der Waals surface area contributed by atoms with E-state index in [1.165, 1.54) is 0 Å². The van der Waals surface area contributed by atoms with Crippen LogP contribution in [0.5, 0.6) is 23.1 Å². The highest BCUT2D eigenvalue weighted by Gasteiger charge is 2.19. The molecule has 0 atom stereocenters. The van der Waals surface area contributed by atoms with Crippen LogP contribution in [0.4, 0.5) is 0 Å². The van der Waals surface area contributed by atoms with Gasteiger partial charge in [0.1, 0.15) is 30.5 Å². The molecule has 190 valence electrons. The molecule has 0 aliphatic carbocycles. The molecule has 0 saturated heterocycles. The van der Waals surface area contributed by atoms with Crippen LogP contribution in [-0.2, 0) is 13.2 Å². The molecular weight excluding hydrogens is 474 g/mol. The molecule has 1 aromatic heterocycles. The molecule has 0 spiro atoms. The monoisotopic (exact) mass is 503 g/mol. The van der Waals surface area contributed by atoms with E-state index in [-0.39, 0.29) is 0 Å². The van der Waals surface area contributed by atoms with E-state index < -0.39 is 0 Å². The van der Waals surface area contributed by atoms with Crippen molar-refractivity contribution in [2.45, 2.75) is 13.2 Å². The highest BCUT2D eigenvalue weighted by atomic mass is 16.5. The third kappa shape index (κ3) is 5.79. The fraction of sp³-hybridized carbons (Fsp3) is 0.121. The van der Waals surface area contributed by atoms with E-state index in [4.69, 9.17) is 18.9 Å². The predicted octanol–water partition coefficient (Wildman–Crippen LogP) is 7.59. The van der Waals surface area contributed by atoms with Crippen LogP contribution in [0.2, 0.25) is 0 Å². The van der Waals surface area contributed by atoms with Gasteiger partial charge in [-0.15, -0.1) is 0 Å². The normalized spacial score (nSPS) is 10.6. The minimum absolute atomic E-state index is 0.492. The minimum atomic E-state index is 0.492. The first-order valence-corrected chi connectivity index (χ1v) is 12.4. The highest BCUT2D eigenvalue weighted by Crippen LogP contribution is 2.43. The second kappa shape index (κ2) is 12.0. The van der Waals surface area contributed by atoms with Gasteiger partial charge in [0.15, 0.2) is 0 Å². The minimum Gasteiger partial charge on any atom is -0.495 e. The molecule has 5 heteroatoms. The Morgan fingerprint density at radius 2 is 1.05 bits per heavy atom. The summed E-state index contributed by atoms with van der Waals surface area (Å²) in [5.41, 5.74) is 5.77. The quantitative estimate of drug-likeness (QED) is 0.196. The maximum Gasteiger partial charge on any atom is 0.224 e. The zero-order valence-electron chi connectivity index (χ0n) is 21.5. The molecule has 0 radical (unpaired) electrons. The predicted molar refractivity (Wildman–Crippen MR) is 150 cm³/mol. The number of aromatic nitrogens is 1. The summed E-state index contributed by atoms with van der Waals surface area (Å²) >= 11 is 0. The third-order valence-electron chi connectivity index (χ3n) is 6.20. The topological polar surface area (TPSA) is 49.8 Å². The number of hydrogen-bond acceptors (Lipinski definition) is 5. The van der Waals surface area contributed by atoms with E-state index in [9.17, 15) is 0 Å². The van der Waals surface area contributed by atoms with Crippen LogP contribution < -0.4 is 18.9 Å². The third-order valence-corrected chi connectivity index (χ3v) is 6.20. The van der Waals surface area contributed by atoms with Crippen LogP contribution in [0, 0.1) is 0 Å². The number of ether oxygens (including phenoxy) is 4. The van der Waals surface area contributed by atoms with Gasteiger partial charge in [0.05, 0.1) is 19.8 Å². The molecule has 5 nitrogen and oxygen atoms in total. The Kier molecular flexibility index (Phi) is 7.85. The van der Waals surface area contributed by atoms with Crippen LogP contribution in [0.3, 0.4) is 0 Å². The smallest absolute Gasteiger partial charge is 0.224 e. The van der Waals surface area contributed by atoms with Crippen LogP contribution in [0.25, 0.3) is 22.3 Å². The van der Waals surface area contributed by atoms with Crippen molar-refractivity contribution in [3.8, 4) is 45.4 Å². The SMILES string of the molecule is COc1ncc(-c2ccc(OCc3ccccc3)cc2)c(OC)c1-c1ccc(OCc2ccccc2)cc1. The number of methoxy groups -OCH3 is 2. The largest absolute Gasteiger partial charge is 0.495 e. The fourth-order valence-corrected chi connectivity index (χ4v) is 4.24. The number of pyridine rings is 1. The van der Waals surface area contributed by atoms with Gasteiger partial charge < -0.3 is 18.9 Å². The number of benzene rings is 4.